The van der Waals surface area contributed by atoms with Crippen LogP contribution in [0.1, 0.15) is 6.92 Å². The van der Waals surface area contributed by atoms with Crippen LogP contribution in [0.5, 0.6) is 11.5 Å². The van der Waals surface area contributed by atoms with Crippen LogP contribution < -0.4 is 18.9 Å². The van der Waals surface area contributed by atoms with Crippen molar-refractivity contribution in [2.45, 2.75) is 6.92 Å². The number of hydrogen-bond donors (Lipinski definition) is 2. The first kappa shape index (κ1) is 14.7. The van der Waals surface area contributed by atoms with Crippen molar-refractivity contribution in [1.29, 1.82) is 0 Å². The van der Waals surface area contributed by atoms with E-state index in [0.717, 1.165) is 5.75 Å². The number of rotatable bonds is 8. The third-order valence-electron chi connectivity index (χ3n) is 2.06. The fourth-order valence-electron chi connectivity index (χ4n) is 1.26. The highest BCUT2D eigenvalue weighted by molar-refractivity contribution is 7.87. The lowest BCUT2D eigenvalue weighted by molar-refractivity contribution is 0.321. The van der Waals surface area contributed by atoms with Gasteiger partial charge in [-0.2, -0.15) is 13.1 Å². The van der Waals surface area contributed by atoms with Crippen molar-refractivity contribution in [1.82, 2.24) is 9.44 Å². The Morgan fingerprint density at radius 1 is 1.11 bits per heavy atom. The van der Waals surface area contributed by atoms with Crippen molar-refractivity contribution in [2.24, 2.45) is 0 Å². The number of benzene rings is 1. The van der Waals surface area contributed by atoms with E-state index in [-0.39, 0.29) is 13.2 Å². The highest BCUT2D eigenvalue weighted by atomic mass is 32.2. The molecule has 0 unspecified atom stereocenters. The van der Waals surface area contributed by atoms with Crippen LogP contribution in [0.4, 0.5) is 0 Å². The van der Waals surface area contributed by atoms with Gasteiger partial charge in [0, 0.05) is 13.1 Å². The van der Waals surface area contributed by atoms with Gasteiger partial charge in [0.2, 0.25) is 0 Å². The van der Waals surface area contributed by atoms with Gasteiger partial charge in [-0.1, -0.05) is 6.92 Å². The Morgan fingerprint density at radius 3 is 2.28 bits per heavy atom. The molecule has 0 saturated carbocycles. The Balaban J connectivity index is 2.29. The van der Waals surface area contributed by atoms with Gasteiger partial charge in [0.15, 0.2) is 0 Å². The fraction of sp³-hybridized carbons (Fsp3) is 0.455. The minimum Gasteiger partial charge on any atom is -0.497 e. The summed E-state index contributed by atoms with van der Waals surface area (Å²) in [6.07, 6.45) is 0. The number of ether oxygens (including phenoxy) is 2. The van der Waals surface area contributed by atoms with Gasteiger partial charge in [0.1, 0.15) is 18.1 Å². The minimum atomic E-state index is -3.40. The maximum Gasteiger partial charge on any atom is 0.277 e. The highest BCUT2D eigenvalue weighted by Crippen LogP contribution is 2.16. The summed E-state index contributed by atoms with van der Waals surface area (Å²) in [5, 5.41) is 0. The van der Waals surface area contributed by atoms with E-state index in [1.54, 1.807) is 38.3 Å². The van der Waals surface area contributed by atoms with Crippen LogP contribution in [0.2, 0.25) is 0 Å². The Morgan fingerprint density at radius 2 is 1.72 bits per heavy atom. The predicted molar refractivity (Wildman–Crippen MR) is 69.1 cm³/mol. The molecule has 0 fully saturated rings. The van der Waals surface area contributed by atoms with Gasteiger partial charge >= 0.3 is 0 Å². The van der Waals surface area contributed by atoms with E-state index in [4.69, 9.17) is 9.47 Å². The van der Waals surface area contributed by atoms with E-state index >= 15 is 0 Å². The second kappa shape index (κ2) is 7.20. The highest BCUT2D eigenvalue weighted by Gasteiger charge is 2.05. The minimum absolute atomic E-state index is 0.210. The maximum atomic E-state index is 11.2. The zero-order valence-electron chi connectivity index (χ0n) is 10.5. The lowest BCUT2D eigenvalue weighted by Gasteiger charge is -2.08. The van der Waals surface area contributed by atoms with Crippen molar-refractivity contribution in [3.8, 4) is 11.5 Å². The van der Waals surface area contributed by atoms with Gasteiger partial charge in [-0.05, 0) is 24.3 Å². The zero-order chi connectivity index (χ0) is 13.4. The first-order chi connectivity index (χ1) is 8.57. The molecular weight excluding hydrogens is 256 g/mol. The first-order valence-electron chi connectivity index (χ1n) is 5.58. The van der Waals surface area contributed by atoms with Crippen LogP contribution in [0.3, 0.4) is 0 Å². The summed E-state index contributed by atoms with van der Waals surface area (Å²) in [5.74, 6) is 1.41. The van der Waals surface area contributed by atoms with Crippen molar-refractivity contribution < 1.29 is 17.9 Å². The molecule has 0 spiro atoms. The third-order valence-corrected chi connectivity index (χ3v) is 3.31. The molecule has 0 aliphatic heterocycles. The lowest BCUT2D eigenvalue weighted by Crippen LogP contribution is -2.38. The molecule has 1 aromatic carbocycles. The summed E-state index contributed by atoms with van der Waals surface area (Å²) in [6.45, 7) is 2.54. The molecule has 0 bridgehead atoms. The van der Waals surface area contributed by atoms with Crippen molar-refractivity contribution >= 4 is 10.2 Å². The molecule has 7 heteroatoms. The molecule has 6 nitrogen and oxygen atoms in total. The number of hydrogen-bond acceptors (Lipinski definition) is 4. The lowest BCUT2D eigenvalue weighted by atomic mass is 10.3. The zero-order valence-corrected chi connectivity index (χ0v) is 11.3. The molecule has 0 aliphatic carbocycles. The summed E-state index contributed by atoms with van der Waals surface area (Å²) in [4.78, 5) is 0. The monoisotopic (exact) mass is 274 g/mol. The second-order valence-electron chi connectivity index (χ2n) is 3.42. The largest absolute Gasteiger partial charge is 0.497 e. The van der Waals surface area contributed by atoms with E-state index in [1.807, 2.05) is 0 Å². The Bertz CT molecular complexity index is 445. The first-order valence-corrected chi connectivity index (χ1v) is 7.07. The summed E-state index contributed by atoms with van der Waals surface area (Å²) in [7, 11) is -1.81. The van der Waals surface area contributed by atoms with Gasteiger partial charge in [-0.15, -0.1) is 0 Å². The van der Waals surface area contributed by atoms with Crippen LogP contribution >= 0.6 is 0 Å². The van der Waals surface area contributed by atoms with Crippen molar-refractivity contribution in [2.75, 3.05) is 26.8 Å². The van der Waals surface area contributed by atoms with Crippen LogP contribution in [-0.2, 0) is 10.2 Å². The van der Waals surface area contributed by atoms with Crippen molar-refractivity contribution in [3.63, 3.8) is 0 Å². The summed E-state index contributed by atoms with van der Waals surface area (Å²) in [5.41, 5.74) is 0. The molecule has 0 radical (unpaired) electrons. The summed E-state index contributed by atoms with van der Waals surface area (Å²) < 4.78 is 37.5. The van der Waals surface area contributed by atoms with Crippen LogP contribution in [-0.4, -0.2) is 35.2 Å². The molecule has 1 rings (SSSR count). The third kappa shape index (κ3) is 5.35. The van der Waals surface area contributed by atoms with E-state index in [2.05, 4.69) is 9.44 Å². The van der Waals surface area contributed by atoms with Crippen LogP contribution in [0.15, 0.2) is 24.3 Å². The molecular formula is C11H18N2O4S. The van der Waals surface area contributed by atoms with Gasteiger partial charge in [0.25, 0.3) is 10.2 Å². The molecule has 2 N–H and O–H groups in total. The molecule has 0 heterocycles. The smallest absolute Gasteiger partial charge is 0.277 e. The fourth-order valence-corrected chi connectivity index (χ4v) is 2.09. The van der Waals surface area contributed by atoms with E-state index in [1.165, 1.54) is 0 Å². The van der Waals surface area contributed by atoms with Gasteiger partial charge in [-0.25, -0.2) is 4.72 Å². The SMILES string of the molecule is CCNS(=O)(=O)NCCOc1ccc(OC)cc1. The average Bonchev–Trinajstić information content (AvgIpc) is 2.35. The number of methoxy groups -OCH3 is 1. The molecule has 1 aromatic rings. The van der Waals surface area contributed by atoms with E-state index in [0.29, 0.717) is 12.3 Å². The molecule has 18 heavy (non-hydrogen) atoms. The average molecular weight is 274 g/mol. The number of nitrogens with one attached hydrogen (secondary N) is 2. The molecule has 102 valence electrons. The standard InChI is InChI=1S/C11H18N2O4S/c1-3-12-18(14,15)13-8-9-17-11-6-4-10(16-2)5-7-11/h4-7,12-13H,3,8-9H2,1-2H3. The quantitative estimate of drug-likeness (QED) is 0.678. The van der Waals surface area contributed by atoms with Crippen LogP contribution in [0, 0.1) is 0 Å². The Hall–Kier alpha value is -1.31. The van der Waals surface area contributed by atoms with Gasteiger partial charge < -0.3 is 9.47 Å². The van der Waals surface area contributed by atoms with Gasteiger partial charge in [-0.3, -0.25) is 0 Å². The van der Waals surface area contributed by atoms with E-state index in [9.17, 15) is 8.42 Å². The molecule has 0 amide bonds. The normalized spacial score (nSPS) is 11.2. The Kier molecular flexibility index (Phi) is 5.90. The van der Waals surface area contributed by atoms with Crippen molar-refractivity contribution in [3.05, 3.63) is 24.3 Å². The Labute approximate surface area is 107 Å². The molecule has 0 atom stereocenters. The summed E-state index contributed by atoms with van der Waals surface area (Å²) in [6, 6.07) is 7.07. The van der Waals surface area contributed by atoms with Gasteiger partial charge in [0.05, 0.1) is 7.11 Å². The summed E-state index contributed by atoms with van der Waals surface area (Å²) >= 11 is 0. The predicted octanol–water partition coefficient (Wildman–Crippen LogP) is 0.518. The second-order valence-corrected chi connectivity index (χ2v) is 5.00. The molecule has 0 aromatic heterocycles. The van der Waals surface area contributed by atoms with E-state index < -0.39 is 10.2 Å². The van der Waals surface area contributed by atoms with Crippen LogP contribution in [0.25, 0.3) is 0 Å². The molecule has 0 saturated heterocycles. The topological polar surface area (TPSA) is 76.7 Å². The molecule has 0 aliphatic rings. The maximum absolute atomic E-state index is 11.2.